The molecule has 0 radical (unpaired) electrons. The number of rotatable bonds is 6. The molecular weight excluding hydrogens is 221 g/mol. The highest BCUT2D eigenvalue weighted by molar-refractivity contribution is 5.84. The Hall–Kier alpha value is -1.42. The molecule has 0 unspecified atom stereocenters. The van der Waals surface area contributed by atoms with Crippen molar-refractivity contribution < 1.29 is 13.9 Å². The third kappa shape index (κ3) is 3.82. The molecule has 1 rings (SSSR count). The summed E-state index contributed by atoms with van der Waals surface area (Å²) >= 11 is 0. The molecule has 0 spiro atoms. The van der Waals surface area contributed by atoms with E-state index in [1.165, 1.54) is 6.07 Å². The first-order valence-electron chi connectivity index (χ1n) is 5.62. The van der Waals surface area contributed by atoms with E-state index in [9.17, 15) is 9.18 Å². The summed E-state index contributed by atoms with van der Waals surface area (Å²) in [7, 11) is 1.81. The van der Waals surface area contributed by atoms with Gasteiger partial charge in [0.1, 0.15) is 5.82 Å². The van der Waals surface area contributed by atoms with E-state index in [1.54, 1.807) is 12.1 Å². The van der Waals surface area contributed by atoms with E-state index in [4.69, 9.17) is 4.74 Å². The fourth-order valence-corrected chi connectivity index (χ4v) is 1.52. The number of anilines is 1. The van der Waals surface area contributed by atoms with Gasteiger partial charge in [0.15, 0.2) is 6.29 Å². The van der Waals surface area contributed by atoms with Crippen LogP contribution >= 0.6 is 0 Å². The lowest BCUT2D eigenvalue weighted by Gasteiger charge is -2.21. The Morgan fingerprint density at radius 3 is 2.76 bits per heavy atom. The van der Waals surface area contributed by atoms with Crippen LogP contribution < -0.4 is 4.90 Å². The van der Waals surface area contributed by atoms with Crippen molar-refractivity contribution in [2.75, 3.05) is 25.1 Å². The monoisotopic (exact) mass is 239 g/mol. The van der Waals surface area contributed by atoms with Crippen molar-refractivity contribution in [3.8, 4) is 0 Å². The highest BCUT2D eigenvalue weighted by Crippen LogP contribution is 2.20. The Morgan fingerprint density at radius 1 is 1.47 bits per heavy atom. The maximum absolute atomic E-state index is 13.4. The summed E-state index contributed by atoms with van der Waals surface area (Å²) in [5.41, 5.74) is 0.687. The van der Waals surface area contributed by atoms with E-state index in [2.05, 4.69) is 0 Å². The van der Waals surface area contributed by atoms with Gasteiger partial charge < -0.3 is 9.64 Å². The van der Waals surface area contributed by atoms with Crippen LogP contribution in [0, 0.1) is 5.82 Å². The lowest BCUT2D eigenvalue weighted by atomic mass is 10.1. The molecule has 0 aromatic heterocycles. The molecule has 0 saturated heterocycles. The fraction of sp³-hybridized carbons (Fsp3) is 0.462. The number of hydrogen-bond acceptors (Lipinski definition) is 3. The van der Waals surface area contributed by atoms with E-state index in [0.717, 1.165) is 0 Å². The van der Waals surface area contributed by atoms with Crippen molar-refractivity contribution in [2.45, 2.75) is 20.0 Å². The van der Waals surface area contributed by atoms with E-state index < -0.39 is 5.82 Å². The maximum atomic E-state index is 13.4. The van der Waals surface area contributed by atoms with Crippen LogP contribution in [-0.2, 0) is 4.74 Å². The molecule has 4 heteroatoms. The van der Waals surface area contributed by atoms with Crippen LogP contribution in [-0.4, -0.2) is 32.6 Å². The topological polar surface area (TPSA) is 29.5 Å². The minimum Gasteiger partial charge on any atom is -0.377 e. The molecule has 0 amide bonds. The first-order chi connectivity index (χ1) is 8.06. The van der Waals surface area contributed by atoms with Crippen molar-refractivity contribution in [1.82, 2.24) is 0 Å². The second-order valence-corrected chi connectivity index (χ2v) is 4.13. The highest BCUT2D eigenvalue weighted by Gasteiger charge is 2.11. The van der Waals surface area contributed by atoms with Crippen LogP contribution in [0.15, 0.2) is 18.2 Å². The predicted octanol–water partition coefficient (Wildman–Crippen LogP) is 2.50. The van der Waals surface area contributed by atoms with Crippen molar-refractivity contribution in [1.29, 1.82) is 0 Å². The Bertz CT molecular complexity index is 380. The molecule has 0 heterocycles. The zero-order chi connectivity index (χ0) is 12.8. The molecule has 0 aliphatic rings. The molecule has 0 aliphatic heterocycles. The predicted molar refractivity (Wildman–Crippen MR) is 66.1 cm³/mol. The van der Waals surface area contributed by atoms with Crippen LogP contribution in [0.1, 0.15) is 24.2 Å². The summed E-state index contributed by atoms with van der Waals surface area (Å²) in [6.45, 7) is 5.07. The Balaban J connectivity index is 2.71. The van der Waals surface area contributed by atoms with Gasteiger partial charge in [0.2, 0.25) is 0 Å². The van der Waals surface area contributed by atoms with E-state index >= 15 is 0 Å². The lowest BCUT2D eigenvalue weighted by molar-refractivity contribution is 0.0845. The number of carbonyl (C=O) groups is 1. The van der Waals surface area contributed by atoms with Gasteiger partial charge in [-0.3, -0.25) is 4.79 Å². The molecule has 0 bridgehead atoms. The van der Waals surface area contributed by atoms with Gasteiger partial charge >= 0.3 is 0 Å². The van der Waals surface area contributed by atoms with Crippen LogP contribution in [0.5, 0.6) is 0 Å². The number of nitrogens with zero attached hydrogens (tertiary/aromatic N) is 1. The molecular formula is C13H18FNO2. The van der Waals surface area contributed by atoms with Gasteiger partial charge in [0, 0.05) is 13.6 Å². The standard InChI is InChI=1S/C13H18FNO2/c1-10(2)17-8-7-15(3)13-6-4-5-12(14)11(13)9-16/h4-6,9-10H,7-8H2,1-3H3. The summed E-state index contributed by atoms with van der Waals surface area (Å²) in [5, 5.41) is 0. The van der Waals surface area contributed by atoms with Crippen molar-refractivity contribution >= 4 is 12.0 Å². The Kier molecular flexibility index (Phi) is 5.10. The van der Waals surface area contributed by atoms with Crippen molar-refractivity contribution in [3.63, 3.8) is 0 Å². The Labute approximate surface area is 101 Å². The lowest BCUT2D eigenvalue weighted by Crippen LogP contribution is -2.25. The van der Waals surface area contributed by atoms with Gasteiger partial charge in [0.25, 0.3) is 0 Å². The molecule has 0 atom stereocenters. The third-order valence-electron chi connectivity index (χ3n) is 2.44. The molecule has 17 heavy (non-hydrogen) atoms. The second-order valence-electron chi connectivity index (χ2n) is 4.13. The molecule has 94 valence electrons. The second kappa shape index (κ2) is 6.35. The van der Waals surface area contributed by atoms with Crippen LogP contribution in [0.2, 0.25) is 0 Å². The van der Waals surface area contributed by atoms with Gasteiger partial charge in [-0.25, -0.2) is 4.39 Å². The fourth-order valence-electron chi connectivity index (χ4n) is 1.52. The number of ether oxygens (including phenoxy) is 1. The Morgan fingerprint density at radius 2 is 2.18 bits per heavy atom. The number of hydrogen-bond donors (Lipinski definition) is 0. The number of benzene rings is 1. The molecule has 0 saturated carbocycles. The zero-order valence-corrected chi connectivity index (χ0v) is 10.4. The quantitative estimate of drug-likeness (QED) is 0.714. The van der Waals surface area contributed by atoms with Crippen LogP contribution in [0.3, 0.4) is 0 Å². The third-order valence-corrected chi connectivity index (χ3v) is 2.44. The largest absolute Gasteiger partial charge is 0.377 e. The first kappa shape index (κ1) is 13.6. The highest BCUT2D eigenvalue weighted by atomic mass is 19.1. The summed E-state index contributed by atoms with van der Waals surface area (Å²) in [4.78, 5) is 12.7. The van der Waals surface area contributed by atoms with Crippen LogP contribution in [0.4, 0.5) is 10.1 Å². The van der Waals surface area contributed by atoms with Gasteiger partial charge in [0.05, 0.1) is 24.0 Å². The van der Waals surface area contributed by atoms with Gasteiger partial charge in [-0.15, -0.1) is 0 Å². The summed E-state index contributed by atoms with van der Waals surface area (Å²) in [6.07, 6.45) is 0.714. The van der Waals surface area contributed by atoms with Crippen LogP contribution in [0.25, 0.3) is 0 Å². The average Bonchev–Trinajstić information content (AvgIpc) is 2.28. The summed E-state index contributed by atoms with van der Waals surface area (Å²) < 4.78 is 18.8. The molecule has 0 aliphatic carbocycles. The van der Waals surface area contributed by atoms with Crippen molar-refractivity contribution in [2.24, 2.45) is 0 Å². The molecule has 1 aromatic rings. The number of carbonyl (C=O) groups excluding carboxylic acids is 1. The average molecular weight is 239 g/mol. The minimum absolute atomic E-state index is 0.0968. The van der Waals surface area contributed by atoms with Gasteiger partial charge in [-0.1, -0.05) is 6.07 Å². The molecule has 1 aromatic carbocycles. The molecule has 0 fully saturated rings. The molecule has 0 N–H and O–H groups in total. The summed E-state index contributed by atoms with van der Waals surface area (Å²) in [5.74, 6) is -0.492. The maximum Gasteiger partial charge on any atom is 0.155 e. The van der Waals surface area contributed by atoms with E-state index in [0.29, 0.717) is 25.1 Å². The molecule has 3 nitrogen and oxygen atoms in total. The van der Waals surface area contributed by atoms with Gasteiger partial charge in [-0.05, 0) is 26.0 Å². The number of halogens is 1. The minimum atomic E-state index is -0.492. The number of aldehydes is 1. The van der Waals surface area contributed by atoms with Gasteiger partial charge in [-0.2, -0.15) is 0 Å². The van der Waals surface area contributed by atoms with E-state index in [-0.39, 0.29) is 11.7 Å². The van der Waals surface area contributed by atoms with E-state index in [1.807, 2.05) is 25.8 Å². The normalized spacial score (nSPS) is 10.6. The number of likely N-dealkylation sites (N-methyl/N-ethyl adjacent to an activating group) is 1. The first-order valence-corrected chi connectivity index (χ1v) is 5.62. The smallest absolute Gasteiger partial charge is 0.155 e. The SMILES string of the molecule is CC(C)OCCN(C)c1cccc(F)c1C=O. The summed E-state index contributed by atoms with van der Waals surface area (Å²) in [6, 6.07) is 4.60. The zero-order valence-electron chi connectivity index (χ0n) is 10.4. The van der Waals surface area contributed by atoms with Crippen molar-refractivity contribution in [3.05, 3.63) is 29.6 Å².